The summed E-state index contributed by atoms with van der Waals surface area (Å²) in [7, 11) is 1.56. The maximum Gasteiger partial charge on any atom is 0.351 e. The summed E-state index contributed by atoms with van der Waals surface area (Å²) in [5.41, 5.74) is 6.89. The summed E-state index contributed by atoms with van der Waals surface area (Å²) >= 11 is 0. The van der Waals surface area contributed by atoms with Crippen molar-refractivity contribution in [2.75, 3.05) is 20.2 Å². The third-order valence-corrected chi connectivity index (χ3v) is 4.69. The van der Waals surface area contributed by atoms with E-state index >= 15 is 0 Å². The molecule has 1 aliphatic heterocycles. The lowest BCUT2D eigenvalue weighted by Crippen LogP contribution is -2.67. The van der Waals surface area contributed by atoms with Crippen molar-refractivity contribution in [3.05, 3.63) is 29.8 Å². The normalized spacial score (nSPS) is 26.5. The van der Waals surface area contributed by atoms with Crippen molar-refractivity contribution >= 4 is 5.91 Å². The molecule has 22 heavy (non-hydrogen) atoms. The van der Waals surface area contributed by atoms with Crippen molar-refractivity contribution in [1.82, 2.24) is 0 Å². The maximum absolute atomic E-state index is 13.3. The first-order chi connectivity index (χ1) is 10.5. The van der Waals surface area contributed by atoms with E-state index in [1.807, 2.05) is 19.1 Å². The smallest absolute Gasteiger partial charge is 0.351 e. The Morgan fingerprint density at radius 3 is 2.82 bits per heavy atom. The summed E-state index contributed by atoms with van der Waals surface area (Å²) < 4.78 is 5.46. The molecule has 5 nitrogen and oxygen atoms in total. The minimum atomic E-state index is -0.525. The number of aliphatic hydroxyl groups excluding tert-OH is 1. The van der Waals surface area contributed by atoms with Gasteiger partial charge in [-0.05, 0) is 31.4 Å². The van der Waals surface area contributed by atoms with Crippen molar-refractivity contribution in [1.29, 1.82) is 0 Å². The number of ether oxygens (including phenoxy) is 1. The molecular formula is C17H27N2O3+. The first kappa shape index (κ1) is 16.9. The van der Waals surface area contributed by atoms with Crippen LogP contribution in [-0.2, 0) is 0 Å². The van der Waals surface area contributed by atoms with E-state index in [-0.39, 0.29) is 16.6 Å². The van der Waals surface area contributed by atoms with E-state index in [2.05, 4.69) is 0 Å². The van der Waals surface area contributed by atoms with Gasteiger partial charge in [0.05, 0.1) is 13.7 Å². The minimum absolute atomic E-state index is 0.0443. The van der Waals surface area contributed by atoms with Crippen molar-refractivity contribution in [2.24, 2.45) is 5.73 Å². The fourth-order valence-electron chi connectivity index (χ4n) is 3.29. The first-order valence-corrected chi connectivity index (χ1v) is 8.03. The summed E-state index contributed by atoms with van der Waals surface area (Å²) in [4.78, 5) is 13.3. The quantitative estimate of drug-likeness (QED) is 0.815. The van der Waals surface area contributed by atoms with Crippen LogP contribution in [-0.4, -0.2) is 48.0 Å². The Hall–Kier alpha value is -1.43. The molecule has 0 saturated carbocycles. The number of amides is 1. The third kappa shape index (κ3) is 3.16. The fourth-order valence-corrected chi connectivity index (χ4v) is 3.29. The fraction of sp³-hybridized carbons (Fsp3) is 0.588. The van der Waals surface area contributed by atoms with E-state index in [0.717, 1.165) is 19.3 Å². The molecule has 3 atom stereocenters. The van der Waals surface area contributed by atoms with Crippen LogP contribution < -0.4 is 10.5 Å². The number of carbonyl (C=O) groups excluding carboxylic acids is 1. The summed E-state index contributed by atoms with van der Waals surface area (Å²) in [5, 5.41) is 10.2. The Labute approximate surface area is 132 Å². The van der Waals surface area contributed by atoms with Crippen LogP contribution in [0.15, 0.2) is 24.3 Å². The molecule has 1 heterocycles. The molecule has 0 spiro atoms. The van der Waals surface area contributed by atoms with Crippen molar-refractivity contribution in [3.8, 4) is 5.75 Å². The maximum atomic E-state index is 13.3. The number of benzene rings is 1. The lowest BCUT2D eigenvalue weighted by atomic mass is 9.99. The lowest BCUT2D eigenvalue weighted by Gasteiger charge is -2.44. The molecule has 5 heteroatoms. The number of methoxy groups -OCH3 is 1. The van der Waals surface area contributed by atoms with Crippen molar-refractivity contribution < 1.29 is 19.1 Å². The number of rotatable bonds is 5. The number of hydrogen-bond acceptors (Lipinski definition) is 4. The molecule has 0 radical (unpaired) electrons. The van der Waals surface area contributed by atoms with Crippen molar-refractivity contribution in [3.63, 3.8) is 0 Å². The van der Waals surface area contributed by atoms with Gasteiger partial charge in [-0.2, -0.15) is 0 Å². The number of aliphatic hydroxyl groups is 1. The summed E-state index contributed by atoms with van der Waals surface area (Å²) in [6.07, 6.45) is 2.60. The van der Waals surface area contributed by atoms with Crippen LogP contribution >= 0.6 is 0 Å². The van der Waals surface area contributed by atoms with Crippen LogP contribution in [0.4, 0.5) is 0 Å². The van der Waals surface area contributed by atoms with E-state index in [1.54, 1.807) is 19.2 Å². The molecule has 1 fully saturated rings. The Kier molecular flexibility index (Phi) is 5.56. The van der Waals surface area contributed by atoms with Crippen LogP contribution in [0.1, 0.15) is 43.0 Å². The van der Waals surface area contributed by atoms with E-state index in [0.29, 0.717) is 30.8 Å². The van der Waals surface area contributed by atoms with Gasteiger partial charge in [0.2, 0.25) is 0 Å². The van der Waals surface area contributed by atoms with Gasteiger partial charge in [0.15, 0.2) is 0 Å². The number of nitrogens with two attached hydrogens (primary N) is 1. The van der Waals surface area contributed by atoms with E-state index in [4.69, 9.17) is 10.5 Å². The molecule has 1 saturated heterocycles. The second-order valence-corrected chi connectivity index (χ2v) is 6.07. The first-order valence-electron chi connectivity index (χ1n) is 8.03. The molecule has 0 aliphatic carbocycles. The predicted molar refractivity (Wildman–Crippen MR) is 85.4 cm³/mol. The number of piperidine rings is 1. The molecule has 1 aliphatic rings. The van der Waals surface area contributed by atoms with Gasteiger partial charge in [-0.15, -0.1) is 0 Å². The second kappa shape index (κ2) is 7.22. The highest BCUT2D eigenvalue weighted by Crippen LogP contribution is 2.30. The lowest BCUT2D eigenvalue weighted by molar-refractivity contribution is -0.883. The van der Waals surface area contributed by atoms with Gasteiger partial charge < -0.3 is 9.84 Å². The highest BCUT2D eigenvalue weighted by molar-refractivity contribution is 5.92. The molecule has 3 unspecified atom stereocenters. The summed E-state index contributed by atoms with van der Waals surface area (Å²) in [5.74, 6) is 0.519. The van der Waals surface area contributed by atoms with Gasteiger partial charge >= 0.3 is 5.91 Å². The van der Waals surface area contributed by atoms with Crippen LogP contribution in [0, 0.1) is 0 Å². The number of quaternary nitrogens is 1. The molecule has 0 aromatic heterocycles. The van der Waals surface area contributed by atoms with Gasteiger partial charge in [-0.25, -0.2) is 9.28 Å². The highest BCUT2D eigenvalue weighted by atomic mass is 16.5. The molecule has 1 aromatic carbocycles. The molecule has 2 rings (SSSR count). The molecule has 0 bridgehead atoms. The Morgan fingerprint density at radius 1 is 1.45 bits per heavy atom. The Morgan fingerprint density at radius 2 is 2.18 bits per heavy atom. The average Bonchev–Trinajstić information content (AvgIpc) is 2.56. The van der Waals surface area contributed by atoms with Gasteiger partial charge in [0, 0.05) is 6.42 Å². The van der Waals surface area contributed by atoms with Gasteiger partial charge in [-0.1, -0.05) is 19.1 Å². The van der Waals surface area contributed by atoms with Crippen LogP contribution in [0.25, 0.3) is 0 Å². The van der Waals surface area contributed by atoms with Gasteiger partial charge in [0.25, 0.3) is 0 Å². The zero-order chi connectivity index (χ0) is 16.2. The second-order valence-electron chi connectivity index (χ2n) is 6.07. The minimum Gasteiger partial charge on any atom is -0.496 e. The SMILES string of the molecule is CCC(O)C[N+]1(C(=O)c2ccccc2OC)CCCCC1N. The van der Waals surface area contributed by atoms with Crippen LogP contribution in [0.3, 0.4) is 0 Å². The van der Waals surface area contributed by atoms with Gasteiger partial charge in [-0.3, -0.25) is 5.73 Å². The zero-order valence-electron chi connectivity index (χ0n) is 13.5. The number of nitrogens with zero attached hydrogens (tertiary/aromatic N) is 1. The number of hydrogen-bond donors (Lipinski definition) is 2. The predicted octanol–water partition coefficient (Wildman–Crippen LogP) is 1.89. The number of carbonyl (C=O) groups is 1. The molecule has 1 amide bonds. The van der Waals surface area contributed by atoms with Crippen LogP contribution in [0.2, 0.25) is 0 Å². The Bertz CT molecular complexity index is 520. The zero-order valence-corrected chi connectivity index (χ0v) is 13.5. The van der Waals surface area contributed by atoms with Crippen LogP contribution in [0.5, 0.6) is 5.75 Å². The van der Waals surface area contributed by atoms with Gasteiger partial charge in [0.1, 0.15) is 30.1 Å². The standard InChI is InChI=1S/C17H27N2O3/c1-3-13(20)12-19(11-7-6-10-16(19)18)17(21)14-8-4-5-9-15(14)22-2/h4-5,8-9,13,16,20H,3,6-7,10-12,18H2,1-2H3/q+1. The molecule has 1 aromatic rings. The molecule has 122 valence electrons. The van der Waals surface area contributed by atoms with Crippen molar-refractivity contribution in [2.45, 2.75) is 44.9 Å². The monoisotopic (exact) mass is 307 g/mol. The highest BCUT2D eigenvalue weighted by Gasteiger charge is 2.46. The number of para-hydroxylation sites is 1. The number of likely N-dealkylation sites (tertiary alicyclic amines) is 1. The van der Waals surface area contributed by atoms with E-state index in [1.165, 1.54) is 0 Å². The summed E-state index contributed by atoms with van der Waals surface area (Å²) in [6, 6.07) is 7.24. The molecular weight excluding hydrogens is 280 g/mol. The largest absolute Gasteiger partial charge is 0.496 e. The van der Waals surface area contributed by atoms with E-state index < -0.39 is 6.10 Å². The third-order valence-electron chi connectivity index (χ3n) is 4.69. The van der Waals surface area contributed by atoms with E-state index in [9.17, 15) is 9.90 Å². The Balaban J connectivity index is 2.41. The molecule has 3 N–H and O–H groups in total. The topological polar surface area (TPSA) is 72.5 Å². The summed E-state index contributed by atoms with van der Waals surface area (Å²) in [6.45, 7) is 2.97. The average molecular weight is 307 g/mol.